The van der Waals surface area contributed by atoms with Crippen molar-refractivity contribution in [3.8, 4) is 5.75 Å². The Hall–Kier alpha value is -2.16. The molecule has 0 aliphatic carbocycles. The summed E-state index contributed by atoms with van der Waals surface area (Å²) in [5.74, 6) is 0.718. The molecule has 0 aliphatic heterocycles. The number of ether oxygens (including phenoxy) is 1. The highest BCUT2D eigenvalue weighted by molar-refractivity contribution is 7.89. The number of carbonyl (C=O) groups excluding carboxylic acids is 1. The Morgan fingerprint density at radius 2 is 1.70 bits per heavy atom. The molecule has 166 valence electrons. The summed E-state index contributed by atoms with van der Waals surface area (Å²) in [5.41, 5.74) is 1.51. The number of hydroxylamine groups is 1. The van der Waals surface area contributed by atoms with E-state index < -0.39 is 22.5 Å². The minimum atomic E-state index is -3.91. The summed E-state index contributed by atoms with van der Waals surface area (Å²) in [6, 6.07) is 10.5. The molecular weight excluding hydrogens is 404 g/mol. The van der Waals surface area contributed by atoms with Crippen LogP contribution in [0.3, 0.4) is 0 Å². The van der Waals surface area contributed by atoms with E-state index in [-0.39, 0.29) is 17.4 Å². The highest BCUT2D eigenvalue weighted by Gasteiger charge is 2.27. The molecule has 0 aliphatic rings. The third kappa shape index (κ3) is 6.68. The predicted octanol–water partition coefficient (Wildman–Crippen LogP) is 3.81. The zero-order valence-corrected chi connectivity index (χ0v) is 18.9. The fourth-order valence-electron chi connectivity index (χ4n) is 2.90. The second kappa shape index (κ2) is 10.7. The standard InChI is InChI=1S/C22H32N2O5S/c1-16(2)9-11-24(15-22(25)23-26)30(27,28)21-8-6-18-5-7-20(13-19(18)14-21)29-12-10-17(3)4/h5-8,13-14,16-17,26H,9-12,15H2,1-4H3,(H,23,25). The van der Waals surface area contributed by atoms with E-state index in [4.69, 9.17) is 9.94 Å². The first-order valence-electron chi connectivity index (χ1n) is 10.2. The van der Waals surface area contributed by atoms with Crippen LogP contribution in [0, 0.1) is 11.8 Å². The van der Waals surface area contributed by atoms with Gasteiger partial charge in [0.1, 0.15) is 5.75 Å². The number of benzene rings is 2. The maximum Gasteiger partial charge on any atom is 0.258 e. The van der Waals surface area contributed by atoms with Gasteiger partial charge in [-0.05, 0) is 59.7 Å². The first kappa shape index (κ1) is 24.1. The number of fused-ring (bicyclic) bond motifs is 1. The maximum absolute atomic E-state index is 13.2. The topological polar surface area (TPSA) is 95.9 Å². The molecule has 0 heterocycles. The lowest BCUT2D eigenvalue weighted by molar-refractivity contribution is -0.129. The minimum absolute atomic E-state index is 0.101. The van der Waals surface area contributed by atoms with Crippen molar-refractivity contribution in [2.24, 2.45) is 11.8 Å². The number of rotatable bonds is 11. The largest absolute Gasteiger partial charge is 0.494 e. The Labute approximate surface area is 179 Å². The number of hydrogen-bond acceptors (Lipinski definition) is 5. The van der Waals surface area contributed by atoms with Crippen molar-refractivity contribution in [2.75, 3.05) is 19.7 Å². The Balaban J connectivity index is 2.32. The van der Waals surface area contributed by atoms with Crippen LogP contribution in [0.4, 0.5) is 0 Å². The van der Waals surface area contributed by atoms with Crippen LogP contribution >= 0.6 is 0 Å². The zero-order chi connectivity index (χ0) is 22.3. The number of hydrogen-bond donors (Lipinski definition) is 2. The molecule has 1 amide bonds. The van der Waals surface area contributed by atoms with Crippen molar-refractivity contribution < 1.29 is 23.2 Å². The van der Waals surface area contributed by atoms with Crippen molar-refractivity contribution in [1.29, 1.82) is 0 Å². The lowest BCUT2D eigenvalue weighted by Gasteiger charge is -2.22. The maximum atomic E-state index is 13.2. The third-order valence-electron chi connectivity index (χ3n) is 4.79. The lowest BCUT2D eigenvalue weighted by Crippen LogP contribution is -2.40. The van der Waals surface area contributed by atoms with Gasteiger partial charge in [-0.1, -0.05) is 39.8 Å². The van der Waals surface area contributed by atoms with Gasteiger partial charge in [-0.2, -0.15) is 4.31 Å². The SMILES string of the molecule is CC(C)CCOc1ccc2ccc(S(=O)(=O)N(CCC(C)C)CC(=O)NO)cc2c1. The molecule has 0 radical (unpaired) electrons. The van der Waals surface area contributed by atoms with Crippen LogP contribution in [-0.4, -0.2) is 43.5 Å². The van der Waals surface area contributed by atoms with E-state index in [2.05, 4.69) is 13.8 Å². The van der Waals surface area contributed by atoms with Gasteiger partial charge in [0.05, 0.1) is 18.0 Å². The van der Waals surface area contributed by atoms with Gasteiger partial charge in [0.15, 0.2) is 0 Å². The summed E-state index contributed by atoms with van der Waals surface area (Å²) in [5, 5.41) is 10.5. The van der Waals surface area contributed by atoms with Gasteiger partial charge >= 0.3 is 0 Å². The number of nitrogens with one attached hydrogen (secondary N) is 1. The Morgan fingerprint density at radius 1 is 1.03 bits per heavy atom. The van der Waals surface area contributed by atoms with Crippen LogP contribution in [0.2, 0.25) is 0 Å². The smallest absolute Gasteiger partial charge is 0.258 e. The van der Waals surface area contributed by atoms with Crippen molar-refractivity contribution in [3.63, 3.8) is 0 Å². The summed E-state index contributed by atoms with van der Waals surface area (Å²) >= 11 is 0. The molecule has 2 rings (SSSR count). The van der Waals surface area contributed by atoms with Crippen molar-refractivity contribution in [3.05, 3.63) is 36.4 Å². The van der Waals surface area contributed by atoms with Crippen LogP contribution in [0.5, 0.6) is 5.75 Å². The van der Waals surface area contributed by atoms with Gasteiger partial charge in [0, 0.05) is 6.54 Å². The molecule has 2 aromatic carbocycles. The molecule has 7 nitrogen and oxygen atoms in total. The lowest BCUT2D eigenvalue weighted by atomic mass is 10.1. The van der Waals surface area contributed by atoms with Crippen LogP contribution < -0.4 is 10.2 Å². The third-order valence-corrected chi connectivity index (χ3v) is 6.63. The van der Waals surface area contributed by atoms with Crippen LogP contribution in [0.25, 0.3) is 10.8 Å². The summed E-state index contributed by atoms with van der Waals surface area (Å²) in [6.07, 6.45) is 1.53. The first-order valence-corrected chi connectivity index (χ1v) is 11.7. The molecule has 0 fully saturated rings. The van der Waals surface area contributed by atoms with Crippen LogP contribution in [-0.2, 0) is 14.8 Å². The fraction of sp³-hybridized carbons (Fsp3) is 0.500. The van der Waals surface area contributed by atoms with E-state index in [0.29, 0.717) is 24.7 Å². The van der Waals surface area contributed by atoms with E-state index >= 15 is 0 Å². The van der Waals surface area contributed by atoms with E-state index in [1.165, 1.54) is 11.5 Å². The zero-order valence-electron chi connectivity index (χ0n) is 18.1. The van der Waals surface area contributed by atoms with Gasteiger partial charge in [0.2, 0.25) is 10.0 Å². The average Bonchev–Trinajstić information content (AvgIpc) is 2.69. The molecule has 0 atom stereocenters. The second-order valence-electron chi connectivity index (χ2n) is 8.26. The van der Waals surface area contributed by atoms with Crippen LogP contribution in [0.15, 0.2) is 41.3 Å². The summed E-state index contributed by atoms with van der Waals surface area (Å²) in [7, 11) is -3.91. The van der Waals surface area contributed by atoms with Gasteiger partial charge in [0.25, 0.3) is 5.91 Å². The molecule has 2 N–H and O–H groups in total. The summed E-state index contributed by atoms with van der Waals surface area (Å²) < 4.78 is 33.3. The van der Waals surface area contributed by atoms with Crippen molar-refractivity contribution >= 4 is 26.7 Å². The molecule has 0 aromatic heterocycles. The van der Waals surface area contributed by atoms with E-state index in [1.807, 2.05) is 32.0 Å². The molecule has 0 spiro atoms. The molecule has 30 heavy (non-hydrogen) atoms. The summed E-state index contributed by atoms with van der Waals surface area (Å²) in [4.78, 5) is 11.8. The van der Waals surface area contributed by atoms with Gasteiger partial charge in [-0.15, -0.1) is 0 Å². The Bertz CT molecular complexity index is 957. The molecule has 0 bridgehead atoms. The molecular formula is C22H32N2O5S. The number of carbonyl (C=O) groups is 1. The van der Waals surface area contributed by atoms with Crippen LogP contribution in [0.1, 0.15) is 40.5 Å². The fourth-order valence-corrected chi connectivity index (χ4v) is 4.34. The molecule has 0 saturated heterocycles. The monoisotopic (exact) mass is 436 g/mol. The minimum Gasteiger partial charge on any atom is -0.494 e. The van der Waals surface area contributed by atoms with Gasteiger partial charge < -0.3 is 4.74 Å². The molecule has 2 aromatic rings. The number of amides is 1. The highest BCUT2D eigenvalue weighted by atomic mass is 32.2. The molecule has 8 heteroatoms. The van der Waals surface area contributed by atoms with E-state index in [0.717, 1.165) is 21.5 Å². The van der Waals surface area contributed by atoms with Gasteiger partial charge in [-0.25, -0.2) is 13.9 Å². The average molecular weight is 437 g/mol. The Morgan fingerprint density at radius 3 is 2.33 bits per heavy atom. The quantitative estimate of drug-likeness (QED) is 0.412. The first-order chi connectivity index (χ1) is 14.1. The number of nitrogens with zero attached hydrogens (tertiary/aromatic N) is 1. The van der Waals surface area contributed by atoms with E-state index in [1.54, 1.807) is 12.1 Å². The highest BCUT2D eigenvalue weighted by Crippen LogP contribution is 2.26. The molecule has 0 unspecified atom stereocenters. The number of sulfonamides is 1. The van der Waals surface area contributed by atoms with Crippen molar-refractivity contribution in [1.82, 2.24) is 9.79 Å². The Kier molecular flexibility index (Phi) is 8.64. The normalized spacial score (nSPS) is 12.1. The predicted molar refractivity (Wildman–Crippen MR) is 117 cm³/mol. The molecule has 0 saturated carbocycles. The summed E-state index contributed by atoms with van der Waals surface area (Å²) in [6.45, 7) is 8.56. The second-order valence-corrected chi connectivity index (χ2v) is 10.2. The van der Waals surface area contributed by atoms with E-state index in [9.17, 15) is 13.2 Å². The van der Waals surface area contributed by atoms with Crippen molar-refractivity contribution in [2.45, 2.75) is 45.4 Å². The van der Waals surface area contributed by atoms with Gasteiger partial charge in [-0.3, -0.25) is 10.0 Å².